The number of nitrogens with two attached hydrogens (primary N) is 1. The summed E-state index contributed by atoms with van der Waals surface area (Å²) in [4.78, 5) is 10.0. The third kappa shape index (κ3) is 9.22. The molecule has 0 saturated heterocycles. The molecule has 2 N–H and O–H groups in total. The number of carbonyl (C=O) groups is 1. The average Bonchev–Trinajstić information content (AvgIpc) is 1.83. The van der Waals surface area contributed by atoms with Gasteiger partial charge in [0.25, 0.3) is 0 Å². The minimum atomic E-state index is -4.16. The van der Waals surface area contributed by atoms with Crippen LogP contribution in [0, 0.1) is 0 Å². The van der Waals surface area contributed by atoms with Crippen molar-refractivity contribution in [1.29, 1.82) is 0 Å². The molecule has 0 aliphatic rings. The van der Waals surface area contributed by atoms with Gasteiger partial charge >= 0.3 is 6.18 Å². The molecule has 0 saturated carbocycles. The van der Waals surface area contributed by atoms with Gasteiger partial charge in [0.15, 0.2) is 0 Å². The lowest BCUT2D eigenvalue weighted by atomic mass is 10.3. The van der Waals surface area contributed by atoms with Gasteiger partial charge in [0.2, 0.25) is 5.91 Å². The molecule has 0 bridgehead atoms. The lowest BCUT2D eigenvalue weighted by Gasteiger charge is -2.05. The van der Waals surface area contributed by atoms with Crippen LogP contribution in [0.25, 0.3) is 0 Å². The Morgan fingerprint density at radius 2 is 2.00 bits per heavy atom. The van der Waals surface area contributed by atoms with Gasteiger partial charge in [0.1, 0.15) is 6.61 Å². The highest BCUT2D eigenvalue weighted by Gasteiger charge is 2.25. The second kappa shape index (κ2) is 4.97. The van der Waals surface area contributed by atoms with E-state index >= 15 is 0 Å². The molecule has 0 spiro atoms. The minimum absolute atomic E-state index is 0.0948. The molecule has 0 aliphatic heterocycles. The summed E-state index contributed by atoms with van der Waals surface area (Å²) in [5.74, 6) is -0.679. The number of halogens is 3. The first-order chi connectivity index (χ1) is 5.42. The molecule has 1 amide bonds. The zero-order valence-corrected chi connectivity index (χ0v) is 6.36. The van der Waals surface area contributed by atoms with Crippen molar-refractivity contribution in [2.45, 2.75) is 19.0 Å². The maximum atomic E-state index is 11.5. The predicted molar refractivity (Wildman–Crippen MR) is 35.3 cm³/mol. The monoisotopic (exact) mass is 185 g/mol. The Morgan fingerprint density at radius 1 is 1.42 bits per heavy atom. The maximum Gasteiger partial charge on any atom is 0.389 e. The lowest BCUT2D eigenvalue weighted by molar-refractivity contribution is -0.138. The van der Waals surface area contributed by atoms with Gasteiger partial charge in [-0.2, -0.15) is 13.2 Å². The highest BCUT2D eigenvalue weighted by molar-refractivity contribution is 5.74. The van der Waals surface area contributed by atoms with Gasteiger partial charge in [-0.25, -0.2) is 0 Å². The van der Waals surface area contributed by atoms with E-state index in [2.05, 4.69) is 10.5 Å². The van der Waals surface area contributed by atoms with Crippen LogP contribution in [0.2, 0.25) is 0 Å². The van der Waals surface area contributed by atoms with E-state index in [9.17, 15) is 18.0 Å². The SMILES string of the molecule is NC(=O)COCCCC(F)(F)F. The largest absolute Gasteiger partial charge is 0.389 e. The number of hydrogen-bond donors (Lipinski definition) is 1. The first-order valence-electron chi connectivity index (χ1n) is 3.34. The first kappa shape index (κ1) is 11.2. The van der Waals surface area contributed by atoms with Crippen molar-refractivity contribution in [3.8, 4) is 0 Å². The molecular weight excluding hydrogens is 175 g/mol. The maximum absolute atomic E-state index is 11.5. The molecule has 0 fully saturated rings. The summed E-state index contributed by atoms with van der Waals surface area (Å²) in [5.41, 5.74) is 4.67. The molecule has 0 unspecified atom stereocenters. The smallest absolute Gasteiger partial charge is 0.372 e. The van der Waals surface area contributed by atoms with Crippen LogP contribution in [0.5, 0.6) is 0 Å². The zero-order chi connectivity index (χ0) is 9.61. The fraction of sp³-hybridized carbons (Fsp3) is 0.833. The van der Waals surface area contributed by atoms with Crippen LogP contribution in [-0.4, -0.2) is 25.3 Å². The van der Waals surface area contributed by atoms with E-state index in [-0.39, 0.29) is 19.6 Å². The van der Waals surface area contributed by atoms with Crippen molar-refractivity contribution in [2.24, 2.45) is 5.73 Å². The van der Waals surface area contributed by atoms with Crippen LogP contribution in [-0.2, 0) is 9.53 Å². The van der Waals surface area contributed by atoms with Crippen LogP contribution < -0.4 is 5.73 Å². The number of amides is 1. The number of hydrogen-bond acceptors (Lipinski definition) is 2. The summed E-state index contributed by atoms with van der Waals surface area (Å²) in [6, 6.07) is 0. The van der Waals surface area contributed by atoms with Gasteiger partial charge in [0, 0.05) is 13.0 Å². The van der Waals surface area contributed by atoms with E-state index in [0.29, 0.717) is 0 Å². The van der Waals surface area contributed by atoms with E-state index in [4.69, 9.17) is 0 Å². The van der Waals surface area contributed by atoms with Gasteiger partial charge in [-0.3, -0.25) is 4.79 Å². The quantitative estimate of drug-likeness (QED) is 0.645. The average molecular weight is 185 g/mol. The Balaban J connectivity index is 3.17. The van der Waals surface area contributed by atoms with Crippen LogP contribution in [0.15, 0.2) is 0 Å². The minimum Gasteiger partial charge on any atom is -0.372 e. The van der Waals surface area contributed by atoms with Crippen LogP contribution in [0.4, 0.5) is 13.2 Å². The molecule has 0 radical (unpaired) electrons. The van der Waals surface area contributed by atoms with Crippen LogP contribution >= 0.6 is 0 Å². The fourth-order valence-electron chi connectivity index (χ4n) is 0.547. The van der Waals surface area contributed by atoms with Crippen molar-refractivity contribution in [3.63, 3.8) is 0 Å². The zero-order valence-electron chi connectivity index (χ0n) is 6.36. The molecule has 72 valence electrons. The molecule has 0 aromatic rings. The number of ether oxygens (including phenoxy) is 1. The van der Waals surface area contributed by atoms with Crippen molar-refractivity contribution in [1.82, 2.24) is 0 Å². The molecule has 0 heterocycles. The Hall–Kier alpha value is -0.780. The summed E-state index contributed by atoms with van der Waals surface area (Å²) in [5, 5.41) is 0. The molecular formula is C6H10F3NO2. The summed E-state index contributed by atoms with van der Waals surface area (Å²) < 4.78 is 39.0. The van der Waals surface area contributed by atoms with Gasteiger partial charge in [0.05, 0.1) is 0 Å². The second-order valence-electron chi connectivity index (χ2n) is 2.24. The Labute approximate surface area is 67.7 Å². The van der Waals surface area contributed by atoms with Gasteiger partial charge in [-0.05, 0) is 6.42 Å². The van der Waals surface area contributed by atoms with E-state index in [1.807, 2.05) is 0 Å². The van der Waals surface area contributed by atoms with Crippen LogP contribution in [0.1, 0.15) is 12.8 Å². The number of alkyl halides is 3. The molecule has 0 aromatic heterocycles. The van der Waals surface area contributed by atoms with Gasteiger partial charge in [-0.1, -0.05) is 0 Å². The molecule has 0 rings (SSSR count). The van der Waals surface area contributed by atoms with Crippen molar-refractivity contribution >= 4 is 5.91 Å². The summed E-state index contributed by atoms with van der Waals surface area (Å²) >= 11 is 0. The molecule has 0 atom stereocenters. The standard InChI is InChI=1S/C6H10F3NO2/c7-6(8,9)2-1-3-12-4-5(10)11/h1-4H2,(H2,10,11). The summed E-state index contributed by atoms with van der Waals surface area (Å²) in [6.07, 6.45) is -5.20. The van der Waals surface area contributed by atoms with Gasteiger partial charge < -0.3 is 10.5 Å². The van der Waals surface area contributed by atoms with Crippen molar-refractivity contribution in [2.75, 3.05) is 13.2 Å². The topological polar surface area (TPSA) is 52.3 Å². The predicted octanol–water partition coefficient (Wildman–Crippen LogP) is 0.831. The van der Waals surface area contributed by atoms with E-state index in [0.717, 1.165) is 0 Å². The highest BCUT2D eigenvalue weighted by atomic mass is 19.4. The fourth-order valence-corrected chi connectivity index (χ4v) is 0.547. The number of primary amides is 1. The highest BCUT2D eigenvalue weighted by Crippen LogP contribution is 2.20. The normalized spacial score (nSPS) is 11.6. The van der Waals surface area contributed by atoms with Crippen molar-refractivity contribution in [3.05, 3.63) is 0 Å². The van der Waals surface area contributed by atoms with E-state index in [1.165, 1.54) is 0 Å². The third-order valence-electron chi connectivity index (χ3n) is 0.993. The summed E-state index contributed by atoms with van der Waals surface area (Å²) in [6.45, 7) is -0.416. The third-order valence-corrected chi connectivity index (χ3v) is 0.993. The first-order valence-corrected chi connectivity index (χ1v) is 3.34. The Morgan fingerprint density at radius 3 is 2.42 bits per heavy atom. The van der Waals surface area contributed by atoms with E-state index < -0.39 is 18.5 Å². The number of carbonyl (C=O) groups excluding carboxylic acids is 1. The molecule has 12 heavy (non-hydrogen) atoms. The van der Waals surface area contributed by atoms with Crippen LogP contribution in [0.3, 0.4) is 0 Å². The Kier molecular flexibility index (Phi) is 4.65. The Bertz CT molecular complexity index is 146. The molecule has 0 aliphatic carbocycles. The van der Waals surface area contributed by atoms with Crippen molar-refractivity contribution < 1.29 is 22.7 Å². The molecule has 3 nitrogen and oxygen atoms in total. The molecule has 0 aromatic carbocycles. The second-order valence-corrected chi connectivity index (χ2v) is 2.24. The van der Waals surface area contributed by atoms with E-state index in [1.54, 1.807) is 0 Å². The van der Waals surface area contributed by atoms with Gasteiger partial charge in [-0.15, -0.1) is 0 Å². The molecule has 6 heteroatoms. The summed E-state index contributed by atoms with van der Waals surface area (Å²) in [7, 11) is 0. The lowest BCUT2D eigenvalue weighted by Crippen LogP contribution is -2.19. The number of rotatable bonds is 5.